The fourth-order valence-electron chi connectivity index (χ4n) is 4.57. The molecule has 2 heterocycles. The van der Waals surface area contributed by atoms with Crippen LogP contribution in [0.4, 0.5) is 0 Å². The van der Waals surface area contributed by atoms with Crippen molar-refractivity contribution >= 4 is 28.5 Å². The standard InChI is InChI=1S/C26H25NO4/c1-26(2,3)17-12-16(10-15-8-9-21-22(11-15)31-14-30-21)24-19(13-17)23(25(28)29)18-6-4-5-7-20(18)27-24/h4-11,17H,12-14H2,1-3H3,(H,28,29)/p-1/b16-10+/t17-/m1/s1. The monoisotopic (exact) mass is 414 g/mol. The molecule has 0 N–H and O–H groups in total. The molecule has 2 aromatic carbocycles. The quantitative estimate of drug-likeness (QED) is 0.618. The van der Waals surface area contributed by atoms with E-state index in [0.29, 0.717) is 17.3 Å². The Labute approximate surface area is 181 Å². The van der Waals surface area contributed by atoms with Crippen molar-refractivity contribution in [2.75, 3.05) is 6.79 Å². The molecule has 3 aromatic rings. The van der Waals surface area contributed by atoms with E-state index in [2.05, 4.69) is 26.8 Å². The zero-order chi connectivity index (χ0) is 21.8. The molecule has 0 amide bonds. The fraction of sp³-hybridized carbons (Fsp3) is 0.308. The third-order valence-electron chi connectivity index (χ3n) is 6.38. The number of rotatable bonds is 2. The molecular weight excluding hydrogens is 390 g/mol. The maximum Gasteiger partial charge on any atom is 0.231 e. The van der Waals surface area contributed by atoms with Crippen LogP contribution in [0.5, 0.6) is 11.5 Å². The van der Waals surface area contributed by atoms with Gasteiger partial charge in [0.05, 0.1) is 17.2 Å². The molecule has 0 bridgehead atoms. The number of carboxylic acids is 1. The van der Waals surface area contributed by atoms with Crippen molar-refractivity contribution in [1.82, 2.24) is 4.98 Å². The summed E-state index contributed by atoms with van der Waals surface area (Å²) in [5.41, 5.74) is 4.50. The lowest BCUT2D eigenvalue weighted by atomic mass is 9.69. The molecule has 0 saturated heterocycles. The van der Waals surface area contributed by atoms with Gasteiger partial charge in [-0.1, -0.05) is 45.0 Å². The first-order valence-corrected chi connectivity index (χ1v) is 10.5. The Morgan fingerprint density at radius 3 is 2.65 bits per heavy atom. The van der Waals surface area contributed by atoms with Crippen molar-refractivity contribution in [2.45, 2.75) is 33.6 Å². The van der Waals surface area contributed by atoms with E-state index in [1.165, 1.54) is 0 Å². The number of hydrogen-bond acceptors (Lipinski definition) is 5. The summed E-state index contributed by atoms with van der Waals surface area (Å²) >= 11 is 0. The van der Waals surface area contributed by atoms with Gasteiger partial charge in [0.25, 0.3) is 0 Å². The SMILES string of the molecule is CC(C)(C)[C@@H]1C/C(=C\c2ccc3c(c2)OCO3)c2nc3ccccc3c(C(=O)[O-])c2C1. The van der Waals surface area contributed by atoms with Gasteiger partial charge in [-0.15, -0.1) is 0 Å². The second-order valence-electron chi connectivity index (χ2n) is 9.37. The number of fused-ring (bicyclic) bond motifs is 3. The largest absolute Gasteiger partial charge is 0.545 e. The van der Waals surface area contributed by atoms with Gasteiger partial charge < -0.3 is 19.4 Å². The van der Waals surface area contributed by atoms with Crippen molar-refractivity contribution in [3.05, 3.63) is 64.8 Å². The Hall–Kier alpha value is -3.34. The molecule has 5 heteroatoms. The summed E-state index contributed by atoms with van der Waals surface area (Å²) in [5.74, 6) is 0.593. The first-order chi connectivity index (χ1) is 14.8. The lowest BCUT2D eigenvalue weighted by molar-refractivity contribution is -0.254. The van der Waals surface area contributed by atoms with E-state index in [1.54, 1.807) is 0 Å². The number of nitrogens with zero attached hydrogens (tertiary/aromatic N) is 1. The number of benzene rings is 2. The molecule has 1 aliphatic carbocycles. The predicted molar refractivity (Wildman–Crippen MR) is 118 cm³/mol. The fourth-order valence-corrected chi connectivity index (χ4v) is 4.57. The highest BCUT2D eigenvalue weighted by Gasteiger charge is 2.34. The van der Waals surface area contributed by atoms with Crippen LogP contribution in [0.2, 0.25) is 0 Å². The Bertz CT molecular complexity index is 1240. The lowest BCUT2D eigenvalue weighted by Crippen LogP contribution is -2.31. The molecule has 0 radical (unpaired) electrons. The third-order valence-corrected chi connectivity index (χ3v) is 6.38. The first kappa shape index (κ1) is 19.6. The summed E-state index contributed by atoms with van der Waals surface area (Å²) in [7, 11) is 0. The predicted octanol–water partition coefficient (Wildman–Crippen LogP) is 4.48. The normalized spacial score (nSPS) is 18.9. The number of hydrogen-bond donors (Lipinski definition) is 0. The average Bonchev–Trinajstić information content (AvgIpc) is 3.19. The van der Waals surface area contributed by atoms with E-state index < -0.39 is 5.97 Å². The summed E-state index contributed by atoms with van der Waals surface area (Å²) in [6.45, 7) is 6.84. The van der Waals surface area contributed by atoms with Crippen molar-refractivity contribution in [1.29, 1.82) is 0 Å². The molecule has 5 nitrogen and oxygen atoms in total. The molecule has 1 aliphatic heterocycles. The summed E-state index contributed by atoms with van der Waals surface area (Å²) < 4.78 is 11.0. The van der Waals surface area contributed by atoms with Crippen LogP contribution in [0.15, 0.2) is 42.5 Å². The van der Waals surface area contributed by atoms with Crippen LogP contribution in [-0.4, -0.2) is 17.7 Å². The molecule has 0 unspecified atom stereocenters. The minimum Gasteiger partial charge on any atom is -0.545 e. The van der Waals surface area contributed by atoms with Gasteiger partial charge in [-0.25, -0.2) is 4.98 Å². The molecule has 5 rings (SSSR count). The van der Waals surface area contributed by atoms with Crippen LogP contribution >= 0.6 is 0 Å². The molecule has 158 valence electrons. The van der Waals surface area contributed by atoms with Gasteiger partial charge >= 0.3 is 0 Å². The van der Waals surface area contributed by atoms with E-state index in [1.807, 2.05) is 42.5 Å². The molecule has 0 saturated carbocycles. The number of para-hydroxylation sites is 1. The third kappa shape index (κ3) is 3.44. The maximum atomic E-state index is 12.2. The van der Waals surface area contributed by atoms with E-state index in [-0.39, 0.29) is 23.7 Å². The van der Waals surface area contributed by atoms with E-state index >= 15 is 0 Å². The number of allylic oxidation sites excluding steroid dienone is 1. The van der Waals surface area contributed by atoms with Crippen molar-refractivity contribution < 1.29 is 19.4 Å². The van der Waals surface area contributed by atoms with E-state index in [9.17, 15) is 9.90 Å². The second-order valence-corrected chi connectivity index (χ2v) is 9.37. The highest BCUT2D eigenvalue weighted by Crippen LogP contribution is 2.45. The molecule has 1 atom stereocenters. The number of carbonyl (C=O) groups is 1. The molecular formula is C26H24NO4-. The Morgan fingerprint density at radius 2 is 1.87 bits per heavy atom. The van der Waals surface area contributed by atoms with Crippen molar-refractivity contribution in [3.63, 3.8) is 0 Å². The highest BCUT2D eigenvalue weighted by molar-refractivity contribution is 6.05. The maximum absolute atomic E-state index is 12.2. The first-order valence-electron chi connectivity index (χ1n) is 10.5. The summed E-state index contributed by atoms with van der Waals surface area (Å²) in [6.07, 6.45) is 3.58. The van der Waals surface area contributed by atoms with Crippen molar-refractivity contribution in [2.24, 2.45) is 11.3 Å². The Morgan fingerprint density at radius 1 is 1.10 bits per heavy atom. The van der Waals surface area contributed by atoms with Crippen LogP contribution in [0.1, 0.15) is 54.4 Å². The van der Waals surface area contributed by atoms with Gasteiger partial charge in [0.15, 0.2) is 11.5 Å². The van der Waals surface area contributed by atoms with Gasteiger partial charge in [-0.05, 0) is 65.1 Å². The topological polar surface area (TPSA) is 71.5 Å². The smallest absolute Gasteiger partial charge is 0.231 e. The summed E-state index contributed by atoms with van der Waals surface area (Å²) in [5, 5.41) is 12.9. The number of aromatic nitrogens is 1. The minimum atomic E-state index is -1.15. The summed E-state index contributed by atoms with van der Waals surface area (Å²) in [6, 6.07) is 13.2. The van der Waals surface area contributed by atoms with Gasteiger partial charge in [-0.3, -0.25) is 0 Å². The number of aromatic carboxylic acids is 1. The van der Waals surface area contributed by atoms with Crippen LogP contribution in [-0.2, 0) is 6.42 Å². The highest BCUT2D eigenvalue weighted by atomic mass is 16.7. The van der Waals surface area contributed by atoms with Crippen LogP contribution in [0.25, 0.3) is 22.6 Å². The van der Waals surface area contributed by atoms with Gasteiger partial charge in [0.2, 0.25) is 6.79 Å². The number of pyridine rings is 1. The molecule has 0 spiro atoms. The number of carbonyl (C=O) groups excluding carboxylic acids is 1. The van der Waals surface area contributed by atoms with Crippen LogP contribution < -0.4 is 14.6 Å². The van der Waals surface area contributed by atoms with Crippen molar-refractivity contribution in [3.8, 4) is 11.5 Å². The van der Waals surface area contributed by atoms with Crippen LogP contribution in [0.3, 0.4) is 0 Å². The summed E-state index contributed by atoms with van der Waals surface area (Å²) in [4.78, 5) is 17.2. The zero-order valence-electron chi connectivity index (χ0n) is 17.9. The zero-order valence-corrected chi connectivity index (χ0v) is 17.9. The van der Waals surface area contributed by atoms with Gasteiger partial charge in [0.1, 0.15) is 0 Å². The number of ether oxygens (including phenoxy) is 2. The second kappa shape index (κ2) is 7.12. The van der Waals surface area contributed by atoms with Gasteiger partial charge in [0, 0.05) is 10.9 Å². The van der Waals surface area contributed by atoms with E-state index in [4.69, 9.17) is 14.5 Å². The molecule has 31 heavy (non-hydrogen) atoms. The minimum absolute atomic E-state index is 0.0144. The lowest BCUT2D eigenvalue weighted by Gasteiger charge is -2.37. The van der Waals surface area contributed by atoms with E-state index in [0.717, 1.165) is 40.3 Å². The van der Waals surface area contributed by atoms with Gasteiger partial charge in [-0.2, -0.15) is 0 Å². The molecule has 1 aromatic heterocycles. The Kier molecular flexibility index (Phi) is 4.50. The number of carboxylic acid groups (broad SMARTS) is 1. The molecule has 2 aliphatic rings. The Balaban J connectivity index is 1.74. The molecule has 0 fully saturated rings. The van der Waals surface area contributed by atoms with Crippen LogP contribution in [0, 0.1) is 11.3 Å². The average molecular weight is 414 g/mol.